The van der Waals surface area contributed by atoms with E-state index in [0.717, 1.165) is 76.7 Å². The molecule has 2 atom stereocenters. The number of hydrogen-bond acceptors (Lipinski definition) is 8. The number of ether oxygens (including phenoxy) is 4. The molecule has 12 nitrogen and oxygen atoms in total. The van der Waals surface area contributed by atoms with Crippen molar-refractivity contribution in [2.24, 2.45) is 0 Å². The Labute approximate surface area is 304 Å². The number of imidazole rings is 2. The molecule has 4 aromatic rings. The lowest BCUT2D eigenvalue weighted by Gasteiger charge is -2.27. The fourth-order valence-corrected chi connectivity index (χ4v) is 7.00. The Kier molecular flexibility index (Phi) is 9.50. The van der Waals surface area contributed by atoms with Crippen LogP contribution >= 0.6 is 0 Å². The monoisotopic (exact) mass is 708 g/mol. The Morgan fingerprint density at radius 2 is 1.23 bits per heavy atom. The molecule has 2 aromatic heterocycles. The molecule has 2 N–H and O–H groups in total. The number of benzene rings is 2. The second-order valence-electron chi connectivity index (χ2n) is 15.6. The number of H-pyrrole nitrogens is 2. The number of carbonyl (C=O) groups excluding carboxylic acids is 2. The summed E-state index contributed by atoms with van der Waals surface area (Å²) in [5.74, 6) is 1.50. The van der Waals surface area contributed by atoms with Gasteiger partial charge in [-0.05, 0) is 83.9 Å². The first-order chi connectivity index (χ1) is 24.8. The summed E-state index contributed by atoms with van der Waals surface area (Å²) in [5, 5.41) is 0. The van der Waals surface area contributed by atoms with Gasteiger partial charge in [0, 0.05) is 18.7 Å². The summed E-state index contributed by atoms with van der Waals surface area (Å²) < 4.78 is 22.6. The molecule has 0 radical (unpaired) electrons. The summed E-state index contributed by atoms with van der Waals surface area (Å²) in [6, 6.07) is 16.3. The van der Waals surface area contributed by atoms with E-state index in [1.165, 1.54) is 0 Å². The summed E-state index contributed by atoms with van der Waals surface area (Å²) in [7, 11) is 0. The summed E-state index contributed by atoms with van der Waals surface area (Å²) in [6.45, 7) is 12.5. The number of nitrogens with zero attached hydrogens (tertiary/aromatic N) is 4. The van der Waals surface area contributed by atoms with Crippen LogP contribution in [0, 0.1) is 0 Å². The van der Waals surface area contributed by atoms with Crippen LogP contribution in [-0.4, -0.2) is 72.5 Å². The van der Waals surface area contributed by atoms with Crippen LogP contribution in [-0.2, 0) is 25.4 Å². The highest BCUT2D eigenvalue weighted by atomic mass is 16.7. The molecule has 7 rings (SSSR count). The van der Waals surface area contributed by atoms with E-state index in [-0.39, 0.29) is 24.3 Å². The summed E-state index contributed by atoms with van der Waals surface area (Å²) >= 11 is 0. The molecule has 3 aliphatic rings. The van der Waals surface area contributed by atoms with Gasteiger partial charge in [0.05, 0.1) is 41.8 Å². The topological polar surface area (TPSA) is 135 Å². The predicted octanol–water partition coefficient (Wildman–Crippen LogP) is 8.66. The second kappa shape index (κ2) is 14.0. The molecule has 2 amide bonds. The van der Waals surface area contributed by atoms with Gasteiger partial charge in [-0.25, -0.2) is 19.6 Å². The maximum absolute atomic E-state index is 13.1. The fraction of sp³-hybridized carbons (Fsp3) is 0.450. The van der Waals surface area contributed by atoms with Crippen LogP contribution in [0.15, 0.2) is 67.3 Å². The van der Waals surface area contributed by atoms with Crippen molar-refractivity contribution in [3.63, 3.8) is 0 Å². The van der Waals surface area contributed by atoms with Crippen LogP contribution in [0.25, 0.3) is 33.6 Å². The zero-order valence-electron chi connectivity index (χ0n) is 30.8. The molecule has 0 saturated carbocycles. The van der Waals surface area contributed by atoms with Crippen LogP contribution in [0.5, 0.6) is 0 Å². The highest BCUT2D eigenvalue weighted by Gasteiger charge is 2.37. The molecule has 2 saturated heterocycles. The van der Waals surface area contributed by atoms with Crippen LogP contribution in [0.1, 0.15) is 96.7 Å². The van der Waals surface area contributed by atoms with Gasteiger partial charge in [-0.15, -0.1) is 0 Å². The van der Waals surface area contributed by atoms with Gasteiger partial charge in [-0.2, -0.15) is 0 Å². The Morgan fingerprint density at radius 1 is 0.731 bits per heavy atom. The number of aromatic nitrogens is 4. The highest BCUT2D eigenvalue weighted by Crippen LogP contribution is 2.36. The third-order valence-electron chi connectivity index (χ3n) is 9.36. The van der Waals surface area contributed by atoms with Crippen molar-refractivity contribution in [2.45, 2.75) is 103 Å². The summed E-state index contributed by atoms with van der Waals surface area (Å²) in [5.41, 5.74) is 5.53. The average Bonchev–Trinajstić information content (AvgIpc) is 3.93. The Morgan fingerprint density at radius 3 is 1.77 bits per heavy atom. The lowest BCUT2D eigenvalue weighted by Crippen LogP contribution is -2.36. The lowest BCUT2D eigenvalue weighted by atomic mass is 10.0. The molecule has 12 heteroatoms. The minimum absolute atomic E-state index is 0.135. The maximum Gasteiger partial charge on any atom is 0.410 e. The third kappa shape index (κ3) is 7.80. The molecule has 52 heavy (non-hydrogen) atoms. The van der Waals surface area contributed by atoms with E-state index in [2.05, 4.69) is 63.5 Å². The van der Waals surface area contributed by atoms with Gasteiger partial charge >= 0.3 is 12.2 Å². The normalized spacial score (nSPS) is 19.2. The van der Waals surface area contributed by atoms with Crippen LogP contribution in [0.4, 0.5) is 9.59 Å². The molecule has 5 heterocycles. The van der Waals surface area contributed by atoms with Crippen molar-refractivity contribution in [2.75, 3.05) is 13.1 Å². The molecular formula is C40H48N6O6. The zero-order chi connectivity index (χ0) is 36.6. The standard InChI is InChI=1S/C40H48N6O6/c1-39(2,3)51-37(47)45-19-7-9-31(45)35-41-24-30(43-35)27-15-11-25(12-16-27)26-13-17-28(18-14-26)34-29(23-33-49-21-22-50-33)42-36(44-34)32-10-8-20-46(32)38(48)52-40(4,5)6/h11-18,21-22,24,31-33H,7-10,19-20,23H2,1-6H3,(H,41,43)(H,42,44)/t31-,32-/m0/s1. The van der Waals surface area contributed by atoms with Gasteiger partial charge in [0.25, 0.3) is 0 Å². The Hall–Kier alpha value is -5.26. The molecule has 2 aromatic carbocycles. The van der Waals surface area contributed by atoms with Crippen molar-refractivity contribution in [1.82, 2.24) is 29.7 Å². The van der Waals surface area contributed by atoms with E-state index in [4.69, 9.17) is 23.9 Å². The van der Waals surface area contributed by atoms with Crippen molar-refractivity contribution < 1.29 is 28.5 Å². The average molecular weight is 709 g/mol. The first-order valence-corrected chi connectivity index (χ1v) is 18.1. The summed E-state index contributed by atoms with van der Waals surface area (Å²) in [6.07, 6.45) is 7.71. The lowest BCUT2D eigenvalue weighted by molar-refractivity contribution is -0.0215. The molecule has 0 spiro atoms. The molecule has 0 aliphatic carbocycles. The molecule has 0 bridgehead atoms. The number of likely N-dealkylation sites (tertiary alicyclic amines) is 2. The van der Waals surface area contributed by atoms with E-state index in [1.807, 2.05) is 47.7 Å². The minimum Gasteiger partial charge on any atom is -0.459 e. The van der Waals surface area contributed by atoms with Gasteiger partial charge in [0.1, 0.15) is 35.4 Å². The van der Waals surface area contributed by atoms with Crippen LogP contribution in [0.2, 0.25) is 0 Å². The van der Waals surface area contributed by atoms with Gasteiger partial charge in [0.2, 0.25) is 6.29 Å². The van der Waals surface area contributed by atoms with E-state index < -0.39 is 17.5 Å². The molecule has 3 aliphatic heterocycles. The third-order valence-corrected chi connectivity index (χ3v) is 9.36. The van der Waals surface area contributed by atoms with Crippen molar-refractivity contribution in [3.8, 4) is 33.6 Å². The first kappa shape index (κ1) is 35.2. The molecule has 2 fully saturated rings. The number of nitrogens with one attached hydrogen (secondary N) is 2. The van der Waals surface area contributed by atoms with Crippen molar-refractivity contribution >= 4 is 12.2 Å². The maximum atomic E-state index is 13.1. The zero-order valence-corrected chi connectivity index (χ0v) is 30.8. The quantitative estimate of drug-likeness (QED) is 0.195. The van der Waals surface area contributed by atoms with Crippen LogP contribution in [0.3, 0.4) is 0 Å². The van der Waals surface area contributed by atoms with Crippen LogP contribution < -0.4 is 0 Å². The number of carbonyl (C=O) groups is 2. The fourth-order valence-electron chi connectivity index (χ4n) is 7.00. The minimum atomic E-state index is -0.583. The number of amides is 2. The number of rotatable bonds is 7. The van der Waals surface area contributed by atoms with Gasteiger partial charge in [-0.1, -0.05) is 48.5 Å². The molecular weight excluding hydrogens is 660 g/mol. The smallest absolute Gasteiger partial charge is 0.410 e. The van der Waals surface area contributed by atoms with Gasteiger partial charge < -0.3 is 28.9 Å². The Balaban J connectivity index is 1.07. The highest BCUT2D eigenvalue weighted by molar-refractivity contribution is 5.73. The van der Waals surface area contributed by atoms with E-state index in [9.17, 15) is 9.59 Å². The molecule has 274 valence electrons. The Bertz CT molecular complexity index is 1910. The largest absolute Gasteiger partial charge is 0.459 e. The van der Waals surface area contributed by atoms with E-state index in [0.29, 0.717) is 19.5 Å². The van der Waals surface area contributed by atoms with E-state index in [1.54, 1.807) is 22.3 Å². The first-order valence-electron chi connectivity index (χ1n) is 18.1. The number of aromatic amines is 2. The predicted molar refractivity (Wildman–Crippen MR) is 196 cm³/mol. The van der Waals surface area contributed by atoms with Gasteiger partial charge in [-0.3, -0.25) is 9.80 Å². The summed E-state index contributed by atoms with van der Waals surface area (Å²) in [4.78, 5) is 46.2. The molecule has 0 unspecified atom stereocenters. The van der Waals surface area contributed by atoms with E-state index >= 15 is 0 Å². The van der Waals surface area contributed by atoms with Crippen molar-refractivity contribution in [3.05, 3.63) is 84.6 Å². The van der Waals surface area contributed by atoms with Crippen molar-refractivity contribution in [1.29, 1.82) is 0 Å². The number of hydrogen-bond donors (Lipinski definition) is 2. The van der Waals surface area contributed by atoms with Gasteiger partial charge in [0.15, 0.2) is 0 Å². The SMILES string of the molecule is CC(C)(C)OC(=O)N1CCC[C@H]1c1ncc(-c2ccc(-c3ccc(-c4nc([C@@H]5CCCN5C(=O)OC(C)(C)C)[nH]c4CC4OC=CO4)cc3)cc2)[nH]1. The second-order valence-corrected chi connectivity index (χ2v) is 15.6.